The normalized spacial score (nSPS) is 11.8. The number of carbonyl (C=O) groups is 1. The highest BCUT2D eigenvalue weighted by Gasteiger charge is 2.25. The smallest absolute Gasteiger partial charge is 0.352 e. The Hall–Kier alpha value is -1.42. The summed E-state index contributed by atoms with van der Waals surface area (Å²) in [6, 6.07) is 0. The van der Waals surface area contributed by atoms with Crippen LogP contribution in [0.1, 0.15) is 21.7 Å². The number of hydrogen-bond acceptors (Lipinski definition) is 5. The van der Waals surface area contributed by atoms with Gasteiger partial charge in [0.05, 0.1) is 19.8 Å². The van der Waals surface area contributed by atoms with E-state index in [0.717, 1.165) is 0 Å². The lowest BCUT2D eigenvalue weighted by Gasteiger charge is -2.08. The Kier molecular flexibility index (Phi) is 6.34. The van der Waals surface area contributed by atoms with E-state index in [2.05, 4.69) is 9.71 Å². The van der Waals surface area contributed by atoms with Gasteiger partial charge in [-0.05, 0) is 13.8 Å². The molecule has 0 aliphatic carbocycles. The third-order valence-corrected chi connectivity index (χ3v) is 4.56. The second-order valence-electron chi connectivity index (χ2n) is 4.39. The molecule has 0 bridgehead atoms. The summed E-state index contributed by atoms with van der Waals surface area (Å²) in [5.74, 6) is -1.19. The molecule has 3 N–H and O–H groups in total. The Morgan fingerprint density at radius 3 is 2.48 bits per heavy atom. The number of aromatic carboxylic acids is 1. The van der Waals surface area contributed by atoms with Gasteiger partial charge in [-0.25, -0.2) is 17.9 Å². The van der Waals surface area contributed by atoms with Gasteiger partial charge in [0.1, 0.15) is 10.6 Å². The van der Waals surface area contributed by atoms with Crippen LogP contribution in [0.15, 0.2) is 4.90 Å². The summed E-state index contributed by atoms with van der Waals surface area (Å²) in [7, 11) is -2.24. The number of rotatable bonds is 9. The van der Waals surface area contributed by atoms with Crippen LogP contribution >= 0.6 is 0 Å². The topological polar surface area (TPSA) is 118 Å². The van der Waals surface area contributed by atoms with E-state index in [4.69, 9.17) is 14.6 Å². The molecule has 0 aliphatic rings. The van der Waals surface area contributed by atoms with Crippen molar-refractivity contribution in [3.8, 4) is 0 Å². The maximum absolute atomic E-state index is 12.2. The molecule has 1 aromatic rings. The van der Waals surface area contributed by atoms with Crippen molar-refractivity contribution in [3.63, 3.8) is 0 Å². The first-order valence-electron chi connectivity index (χ1n) is 6.30. The average molecular weight is 320 g/mol. The highest BCUT2D eigenvalue weighted by Crippen LogP contribution is 2.22. The number of hydrogen-bond donors (Lipinski definition) is 3. The molecule has 1 heterocycles. The van der Waals surface area contributed by atoms with Gasteiger partial charge in [0.15, 0.2) is 0 Å². The van der Waals surface area contributed by atoms with E-state index in [9.17, 15) is 13.2 Å². The van der Waals surface area contributed by atoms with Gasteiger partial charge >= 0.3 is 5.97 Å². The van der Waals surface area contributed by atoms with E-state index < -0.39 is 16.0 Å². The summed E-state index contributed by atoms with van der Waals surface area (Å²) in [6.07, 6.45) is 0. The van der Waals surface area contributed by atoms with Crippen LogP contribution in [0.5, 0.6) is 0 Å². The molecule has 0 radical (unpaired) electrons. The molecule has 0 atom stereocenters. The van der Waals surface area contributed by atoms with E-state index in [1.807, 2.05) is 0 Å². The average Bonchev–Trinajstić information content (AvgIpc) is 2.69. The van der Waals surface area contributed by atoms with Crippen LogP contribution in [0.2, 0.25) is 0 Å². The van der Waals surface area contributed by atoms with E-state index in [1.165, 1.54) is 13.8 Å². The van der Waals surface area contributed by atoms with Gasteiger partial charge < -0.3 is 19.6 Å². The molecule has 1 aromatic heterocycles. The summed E-state index contributed by atoms with van der Waals surface area (Å²) >= 11 is 0. The fraction of sp³-hybridized carbons (Fsp3) is 0.583. The Balaban J connectivity index is 2.73. The van der Waals surface area contributed by atoms with Gasteiger partial charge in [0, 0.05) is 24.9 Å². The predicted octanol–water partition coefficient (Wildman–Crippen LogP) is 0.271. The van der Waals surface area contributed by atoms with Crippen molar-refractivity contribution >= 4 is 16.0 Å². The zero-order valence-corrected chi connectivity index (χ0v) is 13.0. The van der Waals surface area contributed by atoms with Crippen LogP contribution in [0.3, 0.4) is 0 Å². The van der Waals surface area contributed by atoms with Crippen molar-refractivity contribution in [2.45, 2.75) is 18.7 Å². The second kappa shape index (κ2) is 7.55. The van der Waals surface area contributed by atoms with Gasteiger partial charge in [-0.2, -0.15) is 0 Å². The Labute approximate surface area is 123 Å². The minimum Gasteiger partial charge on any atom is -0.477 e. The van der Waals surface area contributed by atoms with Gasteiger partial charge in [0.2, 0.25) is 10.0 Å². The molecule has 8 nitrogen and oxygen atoms in total. The number of carboxylic acid groups (broad SMARTS) is 1. The number of H-pyrrole nitrogens is 1. The molecule has 1 rings (SSSR count). The summed E-state index contributed by atoms with van der Waals surface area (Å²) in [5.41, 5.74) is 0.356. The van der Waals surface area contributed by atoms with Gasteiger partial charge in [-0.15, -0.1) is 0 Å². The third kappa shape index (κ3) is 4.53. The number of aromatic nitrogens is 1. The molecule has 0 saturated heterocycles. The largest absolute Gasteiger partial charge is 0.477 e. The first-order chi connectivity index (χ1) is 9.81. The zero-order valence-electron chi connectivity index (χ0n) is 12.2. The molecule has 9 heteroatoms. The first-order valence-corrected chi connectivity index (χ1v) is 7.78. The number of nitrogens with one attached hydrogen (secondary N) is 2. The van der Waals surface area contributed by atoms with E-state index in [0.29, 0.717) is 13.2 Å². The molecule has 0 amide bonds. The molecule has 0 unspecified atom stereocenters. The van der Waals surface area contributed by atoms with Crippen molar-refractivity contribution in [1.82, 2.24) is 9.71 Å². The molecule has 120 valence electrons. The van der Waals surface area contributed by atoms with Crippen molar-refractivity contribution in [2.75, 3.05) is 33.5 Å². The van der Waals surface area contributed by atoms with E-state index in [-0.39, 0.29) is 35.0 Å². The minimum atomic E-state index is -3.78. The number of sulfonamides is 1. The molecule has 0 fully saturated rings. The maximum Gasteiger partial charge on any atom is 0.352 e. The van der Waals surface area contributed by atoms with Crippen molar-refractivity contribution in [1.29, 1.82) is 0 Å². The Bertz CT molecular complexity index is 593. The van der Waals surface area contributed by atoms with Gasteiger partial charge in [0.25, 0.3) is 0 Å². The van der Waals surface area contributed by atoms with Crippen molar-refractivity contribution < 1.29 is 27.8 Å². The van der Waals surface area contributed by atoms with Crippen LogP contribution in [0.4, 0.5) is 0 Å². The molecule has 0 spiro atoms. The molecular formula is C12H20N2O6S. The number of aromatic amines is 1. The quantitative estimate of drug-likeness (QED) is 0.562. The maximum atomic E-state index is 12.2. The lowest BCUT2D eigenvalue weighted by Crippen LogP contribution is -2.28. The second-order valence-corrected chi connectivity index (χ2v) is 6.09. The highest BCUT2D eigenvalue weighted by atomic mass is 32.2. The van der Waals surface area contributed by atoms with Crippen LogP contribution in [-0.4, -0.2) is 58.0 Å². The first kappa shape index (κ1) is 17.6. The SMILES string of the molecule is COCCOCCNS(=O)(=O)c1c(C)[nH]c(C(=O)O)c1C. The Morgan fingerprint density at radius 1 is 1.29 bits per heavy atom. The van der Waals surface area contributed by atoms with Crippen molar-refractivity contribution in [2.24, 2.45) is 0 Å². The number of aryl methyl sites for hydroxylation is 1. The summed E-state index contributed by atoms with van der Waals surface area (Å²) in [5, 5.41) is 8.99. The van der Waals surface area contributed by atoms with Gasteiger partial charge in [-0.1, -0.05) is 0 Å². The molecule has 0 aromatic carbocycles. The van der Waals surface area contributed by atoms with Gasteiger partial charge in [-0.3, -0.25) is 0 Å². The van der Waals surface area contributed by atoms with E-state index >= 15 is 0 Å². The third-order valence-electron chi connectivity index (χ3n) is 2.82. The lowest BCUT2D eigenvalue weighted by atomic mass is 10.2. The molecular weight excluding hydrogens is 300 g/mol. The summed E-state index contributed by atoms with van der Waals surface area (Å²) in [6.45, 7) is 4.09. The van der Waals surface area contributed by atoms with Crippen LogP contribution < -0.4 is 4.72 Å². The molecule has 0 aliphatic heterocycles. The van der Waals surface area contributed by atoms with Crippen LogP contribution in [0.25, 0.3) is 0 Å². The predicted molar refractivity (Wildman–Crippen MR) is 75.1 cm³/mol. The number of methoxy groups -OCH3 is 1. The van der Waals surface area contributed by atoms with Crippen LogP contribution in [0, 0.1) is 13.8 Å². The lowest BCUT2D eigenvalue weighted by molar-refractivity contribution is 0.0690. The number of ether oxygens (including phenoxy) is 2. The zero-order chi connectivity index (χ0) is 16.0. The number of carboxylic acids is 1. The standard InChI is InChI=1S/C12H20N2O6S/c1-8-10(12(15)16)14-9(2)11(8)21(17,18)13-4-5-20-7-6-19-3/h13-14H,4-7H2,1-3H3,(H,15,16). The van der Waals surface area contributed by atoms with Crippen molar-refractivity contribution in [3.05, 3.63) is 17.0 Å². The fourth-order valence-corrected chi connectivity index (χ4v) is 3.37. The monoisotopic (exact) mass is 320 g/mol. The minimum absolute atomic E-state index is 0.0307. The Morgan fingerprint density at radius 2 is 1.95 bits per heavy atom. The van der Waals surface area contributed by atoms with E-state index in [1.54, 1.807) is 7.11 Å². The molecule has 0 saturated carbocycles. The molecule has 21 heavy (non-hydrogen) atoms. The highest BCUT2D eigenvalue weighted by molar-refractivity contribution is 7.89. The fourth-order valence-electron chi connectivity index (χ4n) is 1.91. The summed E-state index contributed by atoms with van der Waals surface area (Å²) < 4.78 is 36.7. The summed E-state index contributed by atoms with van der Waals surface area (Å²) in [4.78, 5) is 13.5. The van der Waals surface area contributed by atoms with Crippen LogP contribution in [-0.2, 0) is 19.5 Å².